The van der Waals surface area contributed by atoms with Crippen LogP contribution in [0.4, 0.5) is 0 Å². The summed E-state index contributed by atoms with van der Waals surface area (Å²) in [6.45, 7) is 10.6. The molecule has 8 nitrogen and oxygen atoms in total. The minimum Gasteiger partial charge on any atom is -0.507 e. The second kappa shape index (κ2) is 12.5. The third-order valence-corrected chi connectivity index (χ3v) is 7.08. The van der Waals surface area contributed by atoms with E-state index in [0.717, 1.165) is 25.1 Å². The molecule has 2 aliphatic heterocycles. The molecule has 2 aliphatic rings. The zero-order valence-corrected chi connectivity index (χ0v) is 22.7. The van der Waals surface area contributed by atoms with Crippen molar-refractivity contribution >= 4 is 17.4 Å². The maximum atomic E-state index is 13.4. The number of aryl methyl sites for hydroxylation is 1. The van der Waals surface area contributed by atoms with Gasteiger partial charge < -0.3 is 24.2 Å². The molecule has 2 saturated heterocycles. The molecule has 1 unspecified atom stereocenters. The molecule has 0 saturated carbocycles. The molecule has 1 amide bonds. The average Bonchev–Trinajstić information content (AvgIpc) is 3.17. The average molecular weight is 523 g/mol. The Bertz CT molecular complexity index is 1170. The van der Waals surface area contributed by atoms with Crippen LogP contribution in [-0.4, -0.2) is 79.7 Å². The molecule has 1 N–H and O–H groups in total. The summed E-state index contributed by atoms with van der Waals surface area (Å²) in [6, 6.07) is 11.9. The maximum Gasteiger partial charge on any atom is 0.295 e. The van der Waals surface area contributed by atoms with E-state index in [-0.39, 0.29) is 11.3 Å². The van der Waals surface area contributed by atoms with Crippen molar-refractivity contribution in [2.45, 2.75) is 33.2 Å². The van der Waals surface area contributed by atoms with Crippen LogP contribution in [0.1, 0.15) is 43.0 Å². The van der Waals surface area contributed by atoms with Gasteiger partial charge in [0.25, 0.3) is 11.7 Å². The third kappa shape index (κ3) is 6.19. The first-order valence-corrected chi connectivity index (χ1v) is 13.3. The van der Waals surface area contributed by atoms with Crippen LogP contribution in [0, 0.1) is 12.8 Å². The fourth-order valence-corrected chi connectivity index (χ4v) is 4.78. The van der Waals surface area contributed by atoms with E-state index in [9.17, 15) is 14.7 Å². The highest BCUT2D eigenvalue weighted by atomic mass is 16.5. The molecule has 0 aromatic heterocycles. The summed E-state index contributed by atoms with van der Waals surface area (Å²) in [5.74, 6) is 0.132. The molecule has 2 aromatic rings. The van der Waals surface area contributed by atoms with E-state index in [2.05, 4.69) is 18.7 Å². The Morgan fingerprint density at radius 2 is 1.76 bits per heavy atom. The summed E-state index contributed by atoms with van der Waals surface area (Å²) in [5, 5.41) is 11.3. The first kappa shape index (κ1) is 27.7. The Morgan fingerprint density at radius 3 is 2.42 bits per heavy atom. The van der Waals surface area contributed by atoms with E-state index in [1.165, 1.54) is 0 Å². The van der Waals surface area contributed by atoms with Crippen molar-refractivity contribution in [1.82, 2.24) is 9.80 Å². The fraction of sp³-hybridized carbons (Fsp3) is 0.467. The fourth-order valence-electron chi connectivity index (χ4n) is 4.78. The predicted octanol–water partition coefficient (Wildman–Crippen LogP) is 4.18. The number of ketones is 1. The van der Waals surface area contributed by atoms with E-state index in [1.807, 2.05) is 31.2 Å². The van der Waals surface area contributed by atoms with Crippen LogP contribution in [0.3, 0.4) is 0 Å². The predicted molar refractivity (Wildman–Crippen MR) is 145 cm³/mol. The number of hydrogen-bond acceptors (Lipinski definition) is 7. The molecule has 4 rings (SSSR count). The molecule has 0 spiro atoms. The first-order chi connectivity index (χ1) is 18.3. The molecule has 1 atom stereocenters. The van der Waals surface area contributed by atoms with Crippen LogP contribution in [0.2, 0.25) is 0 Å². The largest absolute Gasteiger partial charge is 0.507 e. The Morgan fingerprint density at radius 1 is 1.05 bits per heavy atom. The molecular weight excluding hydrogens is 484 g/mol. The van der Waals surface area contributed by atoms with Crippen LogP contribution in [0.5, 0.6) is 11.5 Å². The van der Waals surface area contributed by atoms with Crippen molar-refractivity contribution in [3.63, 3.8) is 0 Å². The molecule has 2 fully saturated rings. The number of nitrogens with zero attached hydrogens (tertiary/aromatic N) is 2. The second-order valence-electron chi connectivity index (χ2n) is 10.3. The SMILES string of the molecule is COc1cc(C2/C(=C(\O)c3ccc(C)cc3)C(=O)C(=O)N2CCN2CCOCC2)ccc1OCCC(C)C. The van der Waals surface area contributed by atoms with Crippen molar-refractivity contribution in [2.75, 3.05) is 53.1 Å². The normalized spacial score (nSPS) is 19.8. The van der Waals surface area contributed by atoms with Gasteiger partial charge in [0.2, 0.25) is 0 Å². The highest BCUT2D eigenvalue weighted by Crippen LogP contribution is 2.42. The lowest BCUT2D eigenvalue weighted by Gasteiger charge is -2.31. The summed E-state index contributed by atoms with van der Waals surface area (Å²) in [4.78, 5) is 30.5. The molecule has 0 bridgehead atoms. The zero-order chi connectivity index (χ0) is 27.2. The van der Waals surface area contributed by atoms with Crippen LogP contribution in [0.25, 0.3) is 5.76 Å². The Labute approximate surface area is 224 Å². The van der Waals surface area contributed by atoms with Crippen molar-refractivity contribution in [1.29, 1.82) is 0 Å². The lowest BCUT2D eigenvalue weighted by molar-refractivity contribution is -0.140. The van der Waals surface area contributed by atoms with Gasteiger partial charge in [-0.05, 0) is 37.0 Å². The van der Waals surface area contributed by atoms with Crippen LogP contribution in [0.15, 0.2) is 48.0 Å². The molecule has 0 radical (unpaired) electrons. The second-order valence-corrected chi connectivity index (χ2v) is 10.3. The third-order valence-electron chi connectivity index (χ3n) is 7.08. The van der Waals surface area contributed by atoms with Gasteiger partial charge in [-0.3, -0.25) is 14.5 Å². The van der Waals surface area contributed by atoms with E-state index in [4.69, 9.17) is 14.2 Å². The van der Waals surface area contributed by atoms with Gasteiger partial charge >= 0.3 is 0 Å². The number of amides is 1. The number of carbonyl (C=O) groups is 2. The van der Waals surface area contributed by atoms with Crippen molar-refractivity contribution < 1.29 is 28.9 Å². The number of aliphatic hydroxyl groups is 1. The number of methoxy groups -OCH3 is 1. The summed E-state index contributed by atoms with van der Waals surface area (Å²) in [6.07, 6.45) is 0.906. The molecule has 204 valence electrons. The van der Waals surface area contributed by atoms with E-state index in [1.54, 1.807) is 30.2 Å². The van der Waals surface area contributed by atoms with Crippen molar-refractivity contribution in [3.05, 3.63) is 64.7 Å². The number of morpholine rings is 1. The van der Waals surface area contributed by atoms with Gasteiger partial charge in [-0.1, -0.05) is 49.7 Å². The number of ether oxygens (including phenoxy) is 3. The molecule has 38 heavy (non-hydrogen) atoms. The molecule has 0 aliphatic carbocycles. The van der Waals surface area contributed by atoms with E-state index < -0.39 is 17.7 Å². The summed E-state index contributed by atoms with van der Waals surface area (Å²) in [7, 11) is 1.57. The molecule has 2 aromatic carbocycles. The smallest absolute Gasteiger partial charge is 0.295 e. The number of rotatable bonds is 10. The highest BCUT2D eigenvalue weighted by molar-refractivity contribution is 6.46. The molecule has 2 heterocycles. The lowest BCUT2D eigenvalue weighted by atomic mass is 9.94. The van der Waals surface area contributed by atoms with E-state index in [0.29, 0.717) is 61.5 Å². The van der Waals surface area contributed by atoms with Crippen molar-refractivity contribution in [2.24, 2.45) is 5.92 Å². The number of hydrogen-bond donors (Lipinski definition) is 1. The number of likely N-dealkylation sites (tertiary alicyclic amines) is 1. The lowest BCUT2D eigenvalue weighted by Crippen LogP contribution is -2.42. The summed E-state index contributed by atoms with van der Waals surface area (Å²) in [5.41, 5.74) is 2.28. The maximum absolute atomic E-state index is 13.4. The number of carbonyl (C=O) groups excluding carboxylic acids is 2. The van der Waals surface area contributed by atoms with Gasteiger partial charge in [-0.25, -0.2) is 0 Å². The van der Waals surface area contributed by atoms with Gasteiger partial charge in [-0.2, -0.15) is 0 Å². The van der Waals surface area contributed by atoms with Gasteiger partial charge in [0.15, 0.2) is 11.5 Å². The quantitative estimate of drug-likeness (QED) is 0.284. The van der Waals surface area contributed by atoms with Crippen LogP contribution < -0.4 is 9.47 Å². The van der Waals surface area contributed by atoms with Crippen LogP contribution in [-0.2, 0) is 14.3 Å². The Balaban J connectivity index is 1.72. The molecule has 8 heteroatoms. The van der Waals surface area contributed by atoms with Gasteiger partial charge in [0.05, 0.1) is 38.5 Å². The minimum absolute atomic E-state index is 0.0800. The highest BCUT2D eigenvalue weighted by Gasteiger charge is 2.46. The van der Waals surface area contributed by atoms with Gasteiger partial charge in [0.1, 0.15) is 5.76 Å². The van der Waals surface area contributed by atoms with E-state index >= 15 is 0 Å². The summed E-state index contributed by atoms with van der Waals surface area (Å²) < 4.78 is 17.0. The number of benzene rings is 2. The van der Waals surface area contributed by atoms with Gasteiger partial charge in [-0.15, -0.1) is 0 Å². The van der Waals surface area contributed by atoms with Crippen LogP contribution >= 0.6 is 0 Å². The Hall–Kier alpha value is -3.36. The Kier molecular flexibility index (Phi) is 9.07. The number of aliphatic hydroxyl groups excluding tert-OH is 1. The minimum atomic E-state index is -0.754. The standard InChI is InChI=1S/C30H38N2O6/c1-20(2)11-16-38-24-10-9-23(19-25(24)36-4)27-26(28(33)22-7-5-21(3)6-8-22)29(34)30(35)32(27)13-12-31-14-17-37-18-15-31/h5-10,19-20,27,33H,11-18H2,1-4H3/b28-26+. The first-order valence-electron chi connectivity index (χ1n) is 13.3. The monoisotopic (exact) mass is 522 g/mol. The molecular formula is C30H38N2O6. The zero-order valence-electron chi connectivity index (χ0n) is 22.7. The van der Waals surface area contributed by atoms with Crippen molar-refractivity contribution in [3.8, 4) is 11.5 Å². The van der Waals surface area contributed by atoms with Gasteiger partial charge in [0, 0.05) is 31.7 Å². The topological polar surface area (TPSA) is 88.5 Å². The number of Topliss-reactive ketones (excluding diaryl/α,β-unsaturated/α-hetero) is 1. The summed E-state index contributed by atoms with van der Waals surface area (Å²) >= 11 is 0.